The molecular formula is C12H11NO4S. The highest BCUT2D eigenvalue weighted by Gasteiger charge is 2.12. The van der Waals surface area contributed by atoms with Crippen molar-refractivity contribution in [2.24, 2.45) is 0 Å². The van der Waals surface area contributed by atoms with Gasteiger partial charge in [-0.2, -0.15) is 0 Å². The number of sulfonamides is 1. The van der Waals surface area contributed by atoms with Gasteiger partial charge in [0.25, 0.3) is 0 Å². The minimum atomic E-state index is -3.45. The van der Waals surface area contributed by atoms with Gasteiger partial charge in [-0.15, -0.1) is 0 Å². The number of aldehydes is 1. The Morgan fingerprint density at radius 1 is 1.22 bits per heavy atom. The highest BCUT2D eigenvalue weighted by Crippen LogP contribution is 2.34. The predicted molar refractivity (Wildman–Crippen MR) is 69.5 cm³/mol. The smallest absolute Gasteiger partial charge is 0.229 e. The predicted octanol–water partition coefficient (Wildman–Crippen LogP) is 1.73. The molecule has 0 heterocycles. The van der Waals surface area contributed by atoms with Gasteiger partial charge in [-0.1, -0.05) is 24.3 Å². The summed E-state index contributed by atoms with van der Waals surface area (Å²) in [7, 11) is -3.45. The third kappa shape index (κ3) is 2.28. The summed E-state index contributed by atoms with van der Waals surface area (Å²) in [5.41, 5.74) is 0.313. The number of rotatable bonds is 3. The quantitative estimate of drug-likeness (QED) is 0.654. The van der Waals surface area contributed by atoms with Crippen molar-refractivity contribution < 1.29 is 18.3 Å². The fourth-order valence-corrected chi connectivity index (χ4v) is 2.32. The van der Waals surface area contributed by atoms with Crippen LogP contribution in [0.15, 0.2) is 30.3 Å². The number of fused-ring (bicyclic) bond motifs is 1. The Kier molecular flexibility index (Phi) is 2.96. The summed E-state index contributed by atoms with van der Waals surface area (Å²) in [6.45, 7) is 0. The van der Waals surface area contributed by atoms with E-state index in [1.807, 2.05) is 0 Å². The summed E-state index contributed by atoms with van der Waals surface area (Å²) in [5.74, 6) is -0.153. The second-order valence-corrected chi connectivity index (χ2v) is 5.65. The molecule has 0 aromatic heterocycles. The van der Waals surface area contributed by atoms with Crippen LogP contribution in [0, 0.1) is 0 Å². The largest absolute Gasteiger partial charge is 0.507 e. The average molecular weight is 265 g/mol. The van der Waals surface area contributed by atoms with E-state index in [9.17, 15) is 18.3 Å². The summed E-state index contributed by atoms with van der Waals surface area (Å²) >= 11 is 0. The number of carbonyl (C=O) groups excluding carboxylic acids is 1. The Balaban J connectivity index is 2.80. The minimum absolute atomic E-state index is 0.0415. The molecule has 0 radical (unpaired) electrons. The first-order valence-corrected chi connectivity index (χ1v) is 6.99. The third-order valence-electron chi connectivity index (χ3n) is 2.47. The molecule has 0 aliphatic heterocycles. The van der Waals surface area contributed by atoms with Crippen molar-refractivity contribution in [3.05, 3.63) is 35.9 Å². The van der Waals surface area contributed by atoms with Crippen molar-refractivity contribution in [2.75, 3.05) is 11.0 Å². The topological polar surface area (TPSA) is 83.5 Å². The van der Waals surface area contributed by atoms with E-state index in [4.69, 9.17) is 0 Å². The number of phenols is 1. The van der Waals surface area contributed by atoms with Crippen LogP contribution in [0.5, 0.6) is 5.75 Å². The molecule has 0 spiro atoms. The normalized spacial score (nSPS) is 11.4. The number of nitrogens with one attached hydrogen (secondary N) is 1. The standard InChI is InChI=1S/C12H11NO4S/c1-18(16,17)13-11-6-8(7-14)12(15)10-5-3-2-4-9(10)11/h2-7,13,15H,1H3. The van der Waals surface area contributed by atoms with E-state index in [1.165, 1.54) is 6.07 Å². The van der Waals surface area contributed by atoms with Gasteiger partial charge in [0.2, 0.25) is 10.0 Å². The van der Waals surface area contributed by atoms with Gasteiger partial charge in [0, 0.05) is 10.8 Å². The van der Waals surface area contributed by atoms with Crippen LogP contribution in [0.4, 0.5) is 5.69 Å². The summed E-state index contributed by atoms with van der Waals surface area (Å²) < 4.78 is 24.9. The lowest BCUT2D eigenvalue weighted by Gasteiger charge is -2.11. The number of carbonyl (C=O) groups is 1. The first kappa shape index (κ1) is 12.4. The molecule has 0 saturated heterocycles. The van der Waals surface area contributed by atoms with Crippen LogP contribution < -0.4 is 4.72 Å². The molecule has 0 fully saturated rings. The van der Waals surface area contributed by atoms with Crippen molar-refractivity contribution in [3.8, 4) is 5.75 Å². The van der Waals surface area contributed by atoms with Gasteiger partial charge in [-0.05, 0) is 6.07 Å². The van der Waals surface area contributed by atoms with Crippen LogP contribution in [0.2, 0.25) is 0 Å². The molecule has 0 aliphatic rings. The van der Waals surface area contributed by atoms with Crippen molar-refractivity contribution >= 4 is 32.8 Å². The van der Waals surface area contributed by atoms with Crippen LogP contribution in [-0.4, -0.2) is 26.1 Å². The van der Waals surface area contributed by atoms with Gasteiger partial charge < -0.3 is 5.11 Å². The van der Waals surface area contributed by atoms with Crippen LogP contribution in [-0.2, 0) is 10.0 Å². The number of hydrogen-bond acceptors (Lipinski definition) is 4. The van der Waals surface area contributed by atoms with Gasteiger partial charge >= 0.3 is 0 Å². The number of benzene rings is 2. The molecule has 0 bridgehead atoms. The van der Waals surface area contributed by atoms with Crippen molar-refractivity contribution in [1.82, 2.24) is 0 Å². The molecule has 6 heteroatoms. The number of hydrogen-bond donors (Lipinski definition) is 2. The molecule has 5 nitrogen and oxygen atoms in total. The maximum Gasteiger partial charge on any atom is 0.229 e. The zero-order chi connectivity index (χ0) is 13.3. The first-order chi connectivity index (χ1) is 8.42. The van der Waals surface area contributed by atoms with Gasteiger partial charge in [0.1, 0.15) is 5.75 Å². The van der Waals surface area contributed by atoms with Gasteiger partial charge in [-0.3, -0.25) is 9.52 Å². The van der Waals surface area contributed by atoms with Crippen LogP contribution in [0.1, 0.15) is 10.4 Å². The van der Waals surface area contributed by atoms with Crippen LogP contribution >= 0.6 is 0 Å². The Hall–Kier alpha value is -2.08. The highest BCUT2D eigenvalue weighted by molar-refractivity contribution is 7.92. The molecule has 0 unspecified atom stereocenters. The molecule has 0 atom stereocenters. The Bertz CT molecular complexity index is 722. The van der Waals surface area contributed by atoms with E-state index in [1.54, 1.807) is 24.3 Å². The second kappa shape index (κ2) is 4.30. The zero-order valence-electron chi connectivity index (χ0n) is 9.54. The fraction of sp³-hybridized carbons (Fsp3) is 0.0833. The van der Waals surface area contributed by atoms with Crippen LogP contribution in [0.25, 0.3) is 10.8 Å². The molecule has 2 N–H and O–H groups in total. The van der Waals surface area contributed by atoms with Crippen molar-refractivity contribution in [3.63, 3.8) is 0 Å². The molecule has 0 saturated carbocycles. The van der Waals surface area contributed by atoms with E-state index < -0.39 is 10.0 Å². The van der Waals surface area contributed by atoms with Crippen molar-refractivity contribution in [2.45, 2.75) is 0 Å². The van der Waals surface area contributed by atoms with Crippen molar-refractivity contribution in [1.29, 1.82) is 0 Å². The van der Waals surface area contributed by atoms with Gasteiger partial charge in [0.15, 0.2) is 6.29 Å². The van der Waals surface area contributed by atoms with Crippen LogP contribution in [0.3, 0.4) is 0 Å². The second-order valence-electron chi connectivity index (χ2n) is 3.90. The fourth-order valence-electron chi connectivity index (χ4n) is 1.76. The summed E-state index contributed by atoms with van der Waals surface area (Å²) in [5, 5.41) is 10.8. The van der Waals surface area contributed by atoms with E-state index in [0.29, 0.717) is 17.1 Å². The Morgan fingerprint density at radius 2 is 1.83 bits per heavy atom. The molecule has 2 rings (SSSR count). The molecule has 2 aromatic carbocycles. The Morgan fingerprint density at radius 3 is 2.39 bits per heavy atom. The maximum absolute atomic E-state index is 11.3. The maximum atomic E-state index is 11.3. The lowest BCUT2D eigenvalue weighted by molar-refractivity contribution is 0.112. The third-order valence-corrected chi connectivity index (χ3v) is 3.06. The minimum Gasteiger partial charge on any atom is -0.507 e. The SMILES string of the molecule is CS(=O)(=O)Nc1cc(C=O)c(O)c2ccccc12. The number of aromatic hydroxyl groups is 1. The first-order valence-electron chi connectivity index (χ1n) is 5.10. The highest BCUT2D eigenvalue weighted by atomic mass is 32.2. The molecular weight excluding hydrogens is 254 g/mol. The number of phenolic OH excluding ortho intramolecular Hbond substituents is 1. The number of anilines is 1. The summed E-state index contributed by atoms with van der Waals surface area (Å²) in [6, 6.07) is 8.00. The van der Waals surface area contributed by atoms with Gasteiger partial charge in [-0.25, -0.2) is 8.42 Å². The lowest BCUT2D eigenvalue weighted by atomic mass is 10.0. The van der Waals surface area contributed by atoms with E-state index >= 15 is 0 Å². The molecule has 94 valence electrons. The molecule has 18 heavy (non-hydrogen) atoms. The van der Waals surface area contributed by atoms with E-state index in [2.05, 4.69) is 4.72 Å². The van der Waals surface area contributed by atoms with E-state index in [0.717, 1.165) is 6.26 Å². The van der Waals surface area contributed by atoms with E-state index in [-0.39, 0.29) is 17.0 Å². The Labute approximate surface area is 104 Å². The zero-order valence-corrected chi connectivity index (χ0v) is 10.4. The summed E-state index contributed by atoms with van der Waals surface area (Å²) in [4.78, 5) is 10.9. The van der Waals surface area contributed by atoms with Gasteiger partial charge in [0.05, 0.1) is 17.5 Å². The molecule has 0 aliphatic carbocycles. The molecule has 0 amide bonds. The molecule has 2 aromatic rings. The lowest BCUT2D eigenvalue weighted by Crippen LogP contribution is -2.10. The average Bonchev–Trinajstić information content (AvgIpc) is 2.31. The monoisotopic (exact) mass is 265 g/mol. The summed E-state index contributed by atoms with van der Waals surface area (Å²) in [6.07, 6.45) is 1.50.